The summed E-state index contributed by atoms with van der Waals surface area (Å²) in [7, 11) is 1.76. The number of halogens is 2. The van der Waals surface area contributed by atoms with E-state index in [1.54, 1.807) is 36.3 Å². The molecule has 0 radical (unpaired) electrons. The average Bonchev–Trinajstić information content (AvgIpc) is 2.77. The average molecular weight is 441 g/mol. The Kier molecular flexibility index (Phi) is 7.24. The molecule has 1 amide bonds. The third-order valence-electron chi connectivity index (χ3n) is 4.99. The Hall–Kier alpha value is -2.69. The Morgan fingerprint density at radius 1 is 1.03 bits per heavy atom. The van der Waals surface area contributed by atoms with Gasteiger partial charge in [0.1, 0.15) is 5.15 Å². The molecule has 0 bridgehead atoms. The predicted octanol–water partition coefficient (Wildman–Crippen LogP) is 6.24. The highest BCUT2D eigenvalue weighted by atomic mass is 35.5. The zero-order valence-electron chi connectivity index (χ0n) is 16.9. The fourth-order valence-electron chi connectivity index (χ4n) is 3.17. The lowest BCUT2D eigenvalue weighted by Crippen LogP contribution is -2.24. The van der Waals surface area contributed by atoms with Gasteiger partial charge in [0.25, 0.3) is 0 Å². The molecule has 6 heteroatoms. The summed E-state index contributed by atoms with van der Waals surface area (Å²) in [4.78, 5) is 30.1. The number of Topliss-reactive ketones (excluding diaryl/α,β-unsaturated/α-hetero) is 1. The van der Waals surface area contributed by atoms with Crippen molar-refractivity contribution in [2.24, 2.45) is 0 Å². The Morgan fingerprint density at radius 3 is 2.40 bits per heavy atom. The minimum absolute atomic E-state index is 0.00146. The molecule has 0 atom stereocenters. The van der Waals surface area contributed by atoms with Crippen molar-refractivity contribution in [2.75, 3.05) is 11.9 Å². The van der Waals surface area contributed by atoms with Crippen molar-refractivity contribution < 1.29 is 9.59 Å². The topological polar surface area (TPSA) is 50.3 Å². The summed E-state index contributed by atoms with van der Waals surface area (Å²) in [5.74, 6) is 0.0506. The number of aromatic nitrogens is 1. The van der Waals surface area contributed by atoms with Gasteiger partial charge < -0.3 is 4.90 Å². The first-order chi connectivity index (χ1) is 14.4. The molecule has 0 aliphatic rings. The molecule has 0 spiro atoms. The number of nitrogens with zero attached hydrogens (tertiary/aromatic N) is 2. The molecular formula is C24H22Cl2N2O2. The molecule has 0 saturated heterocycles. The molecule has 0 saturated carbocycles. The first-order valence-corrected chi connectivity index (χ1v) is 10.5. The molecule has 0 N–H and O–H groups in total. The second-order valence-corrected chi connectivity index (χ2v) is 7.69. The normalized spacial score (nSPS) is 10.7. The molecule has 0 fully saturated rings. The van der Waals surface area contributed by atoms with E-state index >= 15 is 0 Å². The maximum absolute atomic E-state index is 12.6. The van der Waals surface area contributed by atoms with E-state index in [4.69, 9.17) is 23.2 Å². The van der Waals surface area contributed by atoms with Gasteiger partial charge in [-0.05, 0) is 41.8 Å². The molecule has 2 aromatic carbocycles. The fourth-order valence-corrected chi connectivity index (χ4v) is 3.67. The molecular weight excluding hydrogens is 419 g/mol. The quantitative estimate of drug-likeness (QED) is 0.322. The van der Waals surface area contributed by atoms with Crippen LogP contribution >= 0.6 is 23.2 Å². The summed E-state index contributed by atoms with van der Waals surface area (Å²) >= 11 is 12.5. The Balaban J connectivity index is 1.72. The van der Waals surface area contributed by atoms with Crippen LogP contribution in [-0.4, -0.2) is 23.7 Å². The Morgan fingerprint density at radius 2 is 1.77 bits per heavy atom. The van der Waals surface area contributed by atoms with Gasteiger partial charge in [0.2, 0.25) is 5.91 Å². The van der Waals surface area contributed by atoms with E-state index in [9.17, 15) is 9.59 Å². The number of ketones is 1. The summed E-state index contributed by atoms with van der Waals surface area (Å²) in [6, 6.07) is 16.6. The first-order valence-electron chi connectivity index (χ1n) is 9.69. The van der Waals surface area contributed by atoms with Crippen molar-refractivity contribution in [1.82, 2.24) is 4.98 Å². The van der Waals surface area contributed by atoms with Crippen LogP contribution < -0.4 is 4.90 Å². The van der Waals surface area contributed by atoms with Crippen LogP contribution in [-0.2, 0) is 11.2 Å². The van der Waals surface area contributed by atoms with Crippen molar-refractivity contribution in [1.29, 1.82) is 0 Å². The van der Waals surface area contributed by atoms with Crippen LogP contribution in [0.25, 0.3) is 11.1 Å². The molecule has 3 rings (SSSR count). The zero-order valence-corrected chi connectivity index (χ0v) is 18.4. The summed E-state index contributed by atoms with van der Waals surface area (Å²) < 4.78 is 0. The second kappa shape index (κ2) is 9.88. The van der Waals surface area contributed by atoms with E-state index < -0.39 is 0 Å². The molecule has 1 heterocycles. The standard InChI is InChI=1S/C24H22Cl2N2O2/c1-3-23(30)28(2)19-10-6-16(7-11-19)20-12-8-18(15-21(20)25)22(29)13-9-17-5-4-14-27-24(17)26/h4-8,10-12,14-15H,3,9,13H2,1-2H3. The molecule has 154 valence electrons. The van der Waals surface area contributed by atoms with Gasteiger partial charge in [0, 0.05) is 47.9 Å². The Labute approximate surface area is 186 Å². The molecule has 30 heavy (non-hydrogen) atoms. The van der Waals surface area contributed by atoms with Gasteiger partial charge >= 0.3 is 0 Å². The van der Waals surface area contributed by atoms with Crippen molar-refractivity contribution >= 4 is 40.6 Å². The highest BCUT2D eigenvalue weighted by Gasteiger charge is 2.13. The first kappa shape index (κ1) is 22.0. The number of rotatable bonds is 7. The van der Waals surface area contributed by atoms with Gasteiger partial charge in [0.05, 0.1) is 0 Å². The molecule has 0 aliphatic heterocycles. The number of amides is 1. The van der Waals surface area contributed by atoms with Crippen LogP contribution in [0.3, 0.4) is 0 Å². The van der Waals surface area contributed by atoms with Crippen LogP contribution in [0.15, 0.2) is 60.8 Å². The van der Waals surface area contributed by atoms with Gasteiger partial charge in [-0.2, -0.15) is 0 Å². The number of benzene rings is 2. The lowest BCUT2D eigenvalue weighted by atomic mass is 9.99. The van der Waals surface area contributed by atoms with Gasteiger partial charge in [-0.3, -0.25) is 9.59 Å². The summed E-state index contributed by atoms with van der Waals surface area (Å²) in [6.07, 6.45) is 2.93. The van der Waals surface area contributed by atoms with E-state index in [1.165, 1.54) is 0 Å². The summed E-state index contributed by atoms with van der Waals surface area (Å²) in [6.45, 7) is 1.83. The maximum atomic E-state index is 12.6. The Bertz CT molecular complexity index is 1070. The minimum Gasteiger partial charge on any atom is -0.316 e. The molecule has 3 aromatic rings. The van der Waals surface area contributed by atoms with E-state index in [2.05, 4.69) is 4.98 Å². The molecule has 0 aliphatic carbocycles. The van der Waals surface area contributed by atoms with Crippen LogP contribution in [0, 0.1) is 0 Å². The van der Waals surface area contributed by atoms with Crippen LogP contribution in [0.5, 0.6) is 0 Å². The van der Waals surface area contributed by atoms with Crippen molar-refractivity contribution in [3.05, 3.63) is 82.1 Å². The number of hydrogen-bond donors (Lipinski definition) is 0. The minimum atomic E-state index is -0.00146. The van der Waals surface area contributed by atoms with Crippen LogP contribution in [0.4, 0.5) is 5.69 Å². The van der Waals surface area contributed by atoms with E-state index in [0.29, 0.717) is 35.0 Å². The number of aryl methyl sites for hydroxylation is 1. The van der Waals surface area contributed by atoms with Crippen molar-refractivity contribution in [3.8, 4) is 11.1 Å². The highest BCUT2D eigenvalue weighted by Crippen LogP contribution is 2.31. The zero-order chi connectivity index (χ0) is 21.7. The lowest BCUT2D eigenvalue weighted by molar-refractivity contribution is -0.118. The molecule has 1 aromatic heterocycles. The number of pyridine rings is 1. The van der Waals surface area contributed by atoms with Gasteiger partial charge in [-0.1, -0.05) is 60.5 Å². The highest BCUT2D eigenvalue weighted by molar-refractivity contribution is 6.33. The third-order valence-corrected chi connectivity index (χ3v) is 5.64. The third kappa shape index (κ3) is 5.07. The maximum Gasteiger partial charge on any atom is 0.226 e. The van der Waals surface area contributed by atoms with E-state index in [1.807, 2.05) is 43.3 Å². The van der Waals surface area contributed by atoms with Gasteiger partial charge in [-0.25, -0.2) is 4.98 Å². The van der Waals surface area contributed by atoms with Crippen molar-refractivity contribution in [3.63, 3.8) is 0 Å². The monoisotopic (exact) mass is 440 g/mol. The summed E-state index contributed by atoms with van der Waals surface area (Å²) in [5, 5.41) is 0.930. The largest absolute Gasteiger partial charge is 0.316 e. The number of carbonyl (C=O) groups excluding carboxylic acids is 2. The van der Waals surface area contributed by atoms with Crippen molar-refractivity contribution in [2.45, 2.75) is 26.2 Å². The molecule has 4 nitrogen and oxygen atoms in total. The fraction of sp³-hybridized carbons (Fsp3) is 0.208. The number of carbonyl (C=O) groups is 2. The van der Waals surface area contributed by atoms with Gasteiger partial charge in [-0.15, -0.1) is 0 Å². The number of anilines is 1. The lowest BCUT2D eigenvalue weighted by Gasteiger charge is -2.17. The van der Waals surface area contributed by atoms with E-state index in [-0.39, 0.29) is 11.7 Å². The van der Waals surface area contributed by atoms with E-state index in [0.717, 1.165) is 22.4 Å². The predicted molar refractivity (Wildman–Crippen MR) is 122 cm³/mol. The van der Waals surface area contributed by atoms with Gasteiger partial charge in [0.15, 0.2) is 5.78 Å². The second-order valence-electron chi connectivity index (χ2n) is 6.92. The number of hydrogen-bond acceptors (Lipinski definition) is 3. The SMILES string of the molecule is CCC(=O)N(C)c1ccc(-c2ccc(C(=O)CCc3cccnc3Cl)cc2Cl)cc1. The van der Waals surface area contributed by atoms with Crippen LogP contribution in [0.2, 0.25) is 10.2 Å². The smallest absolute Gasteiger partial charge is 0.226 e. The molecule has 0 unspecified atom stereocenters. The van der Waals surface area contributed by atoms with Crippen LogP contribution in [0.1, 0.15) is 35.7 Å². The summed E-state index contributed by atoms with van der Waals surface area (Å²) in [5.41, 5.74) is 3.99.